The molecule has 1 fully saturated rings. The maximum absolute atomic E-state index is 10.6. The lowest BCUT2D eigenvalue weighted by Gasteiger charge is -2.44. The first-order valence-corrected chi connectivity index (χ1v) is 7.84. The summed E-state index contributed by atoms with van der Waals surface area (Å²) >= 11 is 0. The standard InChI is InChI=1S/C15H22O10/c16-4-6-3-8(18)15(22)1-2-23-13(9(6)15)25-14-12(21)11(20)10(19)7(5-17)24-14/h1-3,7-14,16-22H,4-5H2/t7-,8-,9+,10-,11-,12-,13+,14+,15-/m1/s1. The van der Waals surface area contributed by atoms with E-state index in [1.807, 2.05) is 0 Å². The zero-order chi connectivity index (χ0) is 18.4. The molecule has 25 heavy (non-hydrogen) atoms. The maximum atomic E-state index is 10.6. The third-order valence-electron chi connectivity index (χ3n) is 4.86. The Morgan fingerprint density at radius 3 is 2.40 bits per heavy atom. The Kier molecular flexibility index (Phi) is 5.17. The quantitative estimate of drug-likeness (QED) is 0.247. The first kappa shape index (κ1) is 18.7. The van der Waals surface area contributed by atoms with E-state index in [4.69, 9.17) is 14.2 Å². The number of ether oxygens (including phenoxy) is 3. The molecule has 10 heteroatoms. The normalized spacial score (nSPS) is 49.5. The minimum Gasteiger partial charge on any atom is -0.472 e. The van der Waals surface area contributed by atoms with Crippen LogP contribution in [0.1, 0.15) is 0 Å². The highest BCUT2D eigenvalue weighted by atomic mass is 16.8. The van der Waals surface area contributed by atoms with E-state index in [9.17, 15) is 35.7 Å². The van der Waals surface area contributed by atoms with Crippen LogP contribution in [0.15, 0.2) is 24.0 Å². The van der Waals surface area contributed by atoms with Crippen molar-refractivity contribution in [1.29, 1.82) is 0 Å². The Bertz CT molecular complexity index is 548. The summed E-state index contributed by atoms with van der Waals surface area (Å²) in [5.41, 5.74) is -1.50. The second-order valence-corrected chi connectivity index (χ2v) is 6.35. The van der Waals surface area contributed by atoms with Gasteiger partial charge in [-0.3, -0.25) is 0 Å². The molecule has 0 aromatic rings. The summed E-state index contributed by atoms with van der Waals surface area (Å²) in [6, 6.07) is 0. The fourth-order valence-electron chi connectivity index (χ4n) is 3.39. The van der Waals surface area contributed by atoms with Crippen molar-refractivity contribution in [1.82, 2.24) is 0 Å². The molecule has 10 nitrogen and oxygen atoms in total. The van der Waals surface area contributed by atoms with Gasteiger partial charge in [0.25, 0.3) is 0 Å². The lowest BCUT2D eigenvalue weighted by atomic mass is 9.83. The Morgan fingerprint density at radius 2 is 1.76 bits per heavy atom. The third kappa shape index (κ3) is 2.99. The molecule has 2 heterocycles. The van der Waals surface area contributed by atoms with Crippen LogP contribution in [-0.4, -0.2) is 97.7 Å². The van der Waals surface area contributed by atoms with Gasteiger partial charge in [-0.2, -0.15) is 0 Å². The average molecular weight is 362 g/mol. The van der Waals surface area contributed by atoms with Gasteiger partial charge in [-0.05, 0) is 11.6 Å². The largest absolute Gasteiger partial charge is 0.472 e. The third-order valence-corrected chi connectivity index (χ3v) is 4.86. The van der Waals surface area contributed by atoms with E-state index in [0.29, 0.717) is 0 Å². The van der Waals surface area contributed by atoms with Gasteiger partial charge in [0.05, 0.1) is 25.4 Å². The number of hydrogen-bond donors (Lipinski definition) is 7. The van der Waals surface area contributed by atoms with Gasteiger partial charge in [0, 0.05) is 0 Å². The highest BCUT2D eigenvalue weighted by Gasteiger charge is 2.55. The average Bonchev–Trinajstić information content (AvgIpc) is 2.87. The van der Waals surface area contributed by atoms with Gasteiger partial charge in [-0.1, -0.05) is 6.08 Å². The van der Waals surface area contributed by atoms with Gasteiger partial charge in [-0.15, -0.1) is 0 Å². The van der Waals surface area contributed by atoms with E-state index in [1.165, 1.54) is 12.2 Å². The Morgan fingerprint density at radius 1 is 1.04 bits per heavy atom. The second kappa shape index (κ2) is 6.91. The van der Waals surface area contributed by atoms with Gasteiger partial charge in [0.15, 0.2) is 6.29 Å². The summed E-state index contributed by atoms with van der Waals surface area (Å²) < 4.78 is 16.0. The highest BCUT2D eigenvalue weighted by molar-refractivity contribution is 5.33. The molecule has 3 rings (SSSR count). The molecule has 0 aromatic heterocycles. The van der Waals surface area contributed by atoms with Crippen LogP contribution in [0.2, 0.25) is 0 Å². The van der Waals surface area contributed by atoms with Crippen molar-refractivity contribution in [2.75, 3.05) is 13.2 Å². The van der Waals surface area contributed by atoms with Crippen LogP contribution in [-0.2, 0) is 14.2 Å². The smallest absolute Gasteiger partial charge is 0.211 e. The topological polar surface area (TPSA) is 169 Å². The van der Waals surface area contributed by atoms with Crippen molar-refractivity contribution in [2.24, 2.45) is 5.92 Å². The first-order chi connectivity index (χ1) is 11.8. The molecule has 142 valence electrons. The molecule has 0 saturated carbocycles. The minimum absolute atomic E-state index is 0.272. The van der Waals surface area contributed by atoms with E-state index in [-0.39, 0.29) is 5.57 Å². The zero-order valence-corrected chi connectivity index (χ0v) is 13.1. The fourth-order valence-corrected chi connectivity index (χ4v) is 3.39. The monoisotopic (exact) mass is 362 g/mol. The van der Waals surface area contributed by atoms with E-state index in [1.54, 1.807) is 0 Å². The van der Waals surface area contributed by atoms with Crippen molar-refractivity contribution in [3.8, 4) is 0 Å². The molecule has 1 saturated heterocycles. The summed E-state index contributed by atoms with van der Waals surface area (Å²) in [6.07, 6.45) is -6.37. The molecule has 0 radical (unpaired) electrons. The zero-order valence-electron chi connectivity index (χ0n) is 13.1. The molecule has 0 bridgehead atoms. The Hall–Kier alpha value is -1.08. The van der Waals surface area contributed by atoms with E-state index < -0.39 is 67.8 Å². The van der Waals surface area contributed by atoms with Crippen molar-refractivity contribution >= 4 is 0 Å². The van der Waals surface area contributed by atoms with Gasteiger partial charge >= 0.3 is 0 Å². The SMILES string of the molecule is OCC1=C[C@@H](O)[C@]2(O)C=CO[C@@H](O[C@@H]3O[C@H](CO)[C@@H](O)[C@@H](O)[C@H]3O)[C@H]12. The van der Waals surface area contributed by atoms with Crippen molar-refractivity contribution in [2.45, 2.75) is 48.7 Å². The first-order valence-electron chi connectivity index (χ1n) is 7.84. The predicted molar refractivity (Wildman–Crippen MR) is 78.5 cm³/mol. The highest BCUT2D eigenvalue weighted by Crippen LogP contribution is 2.43. The van der Waals surface area contributed by atoms with Gasteiger partial charge in [0.1, 0.15) is 36.1 Å². The summed E-state index contributed by atoms with van der Waals surface area (Å²) in [6.45, 7) is -1.08. The fraction of sp³-hybridized carbons (Fsp3) is 0.733. The summed E-state index contributed by atoms with van der Waals surface area (Å²) in [5, 5.41) is 69.0. The lowest BCUT2D eigenvalue weighted by molar-refractivity contribution is -0.344. The van der Waals surface area contributed by atoms with Gasteiger partial charge in [-0.25, -0.2) is 0 Å². The molecule has 0 amide bonds. The molecular formula is C15H22O10. The summed E-state index contributed by atoms with van der Waals surface area (Å²) in [7, 11) is 0. The molecule has 9 atom stereocenters. The van der Waals surface area contributed by atoms with Crippen LogP contribution in [0.3, 0.4) is 0 Å². The molecule has 1 aliphatic carbocycles. The molecule has 3 aliphatic rings. The Balaban J connectivity index is 1.80. The number of fused-ring (bicyclic) bond motifs is 1. The predicted octanol–water partition coefficient (Wildman–Crippen LogP) is -3.69. The summed E-state index contributed by atoms with van der Waals surface area (Å²) in [4.78, 5) is 0. The van der Waals surface area contributed by atoms with Crippen molar-refractivity contribution in [3.05, 3.63) is 24.0 Å². The van der Waals surface area contributed by atoms with Crippen molar-refractivity contribution < 1.29 is 50.0 Å². The molecular weight excluding hydrogens is 340 g/mol. The van der Waals surface area contributed by atoms with E-state index in [2.05, 4.69) is 0 Å². The van der Waals surface area contributed by atoms with Gasteiger partial charge < -0.3 is 50.0 Å². The molecule has 0 aromatic carbocycles. The van der Waals surface area contributed by atoms with Crippen LogP contribution in [0, 0.1) is 5.92 Å². The number of rotatable bonds is 4. The molecule has 7 N–H and O–H groups in total. The molecule has 0 unspecified atom stereocenters. The van der Waals surface area contributed by atoms with Crippen LogP contribution < -0.4 is 0 Å². The number of aliphatic hydroxyl groups excluding tert-OH is 6. The number of hydrogen-bond acceptors (Lipinski definition) is 10. The minimum atomic E-state index is -1.77. The molecule has 0 spiro atoms. The maximum Gasteiger partial charge on any atom is 0.211 e. The van der Waals surface area contributed by atoms with Crippen molar-refractivity contribution in [3.63, 3.8) is 0 Å². The molecule has 2 aliphatic heterocycles. The van der Waals surface area contributed by atoms with E-state index in [0.717, 1.165) is 6.26 Å². The second-order valence-electron chi connectivity index (χ2n) is 6.35. The number of aliphatic hydroxyl groups is 7. The lowest BCUT2D eigenvalue weighted by Crippen LogP contribution is -2.61. The van der Waals surface area contributed by atoms with Gasteiger partial charge in [0.2, 0.25) is 6.29 Å². The van der Waals surface area contributed by atoms with Crippen LogP contribution in [0.25, 0.3) is 0 Å². The van der Waals surface area contributed by atoms with Crippen LogP contribution in [0.4, 0.5) is 0 Å². The summed E-state index contributed by atoms with van der Waals surface area (Å²) in [5.74, 6) is -0.982. The van der Waals surface area contributed by atoms with E-state index >= 15 is 0 Å². The van der Waals surface area contributed by atoms with Crippen LogP contribution in [0.5, 0.6) is 0 Å². The van der Waals surface area contributed by atoms with Crippen LogP contribution >= 0.6 is 0 Å². The Labute approximate surface area is 142 Å².